The Hall–Kier alpha value is -2.28. The van der Waals surface area contributed by atoms with Gasteiger partial charge in [-0.15, -0.1) is 0 Å². The molecule has 0 bridgehead atoms. The Kier molecular flexibility index (Phi) is 5.53. The first-order valence-electron chi connectivity index (χ1n) is 8.45. The fraction of sp³-hybridized carbons (Fsp3) is 0.529. The molecule has 0 atom stereocenters. The lowest BCUT2D eigenvalue weighted by Gasteiger charge is -2.33. The normalized spacial score (nSPS) is 15.6. The van der Waals surface area contributed by atoms with E-state index >= 15 is 0 Å². The zero-order chi connectivity index (χ0) is 16.8. The van der Waals surface area contributed by atoms with E-state index in [1.54, 1.807) is 7.05 Å². The van der Waals surface area contributed by atoms with E-state index in [1.165, 1.54) is 32.1 Å². The monoisotopic (exact) mass is 329 g/mol. The molecule has 0 aromatic carbocycles. The maximum atomic E-state index is 11.6. The fourth-order valence-corrected chi connectivity index (χ4v) is 3.16. The largest absolute Gasteiger partial charge is 0.352 e. The summed E-state index contributed by atoms with van der Waals surface area (Å²) in [4.78, 5) is 22.6. The molecule has 0 radical (unpaired) electrons. The molecule has 128 valence electrons. The van der Waals surface area contributed by atoms with Crippen LogP contribution in [0.1, 0.15) is 54.3 Å². The second kappa shape index (κ2) is 8.01. The average molecular weight is 329 g/mol. The zero-order valence-corrected chi connectivity index (χ0v) is 13.9. The van der Waals surface area contributed by atoms with Gasteiger partial charge in [-0.2, -0.15) is 4.98 Å². The number of aromatic nitrogens is 3. The summed E-state index contributed by atoms with van der Waals surface area (Å²) in [6, 6.07) is 6.43. The number of amides is 1. The lowest BCUT2D eigenvalue weighted by atomic mass is 9.94. The minimum absolute atomic E-state index is 0.0777. The molecule has 7 nitrogen and oxygen atoms in total. The van der Waals surface area contributed by atoms with Gasteiger partial charge in [0, 0.05) is 25.8 Å². The Morgan fingerprint density at radius 1 is 1.29 bits per heavy atom. The van der Waals surface area contributed by atoms with E-state index in [1.807, 2.05) is 24.4 Å². The molecule has 24 heavy (non-hydrogen) atoms. The number of carbonyl (C=O) groups excluding carboxylic acids is 1. The van der Waals surface area contributed by atoms with Crippen LogP contribution in [0, 0.1) is 0 Å². The van der Waals surface area contributed by atoms with E-state index in [9.17, 15) is 4.79 Å². The number of nitrogens with one attached hydrogen (secondary N) is 1. The van der Waals surface area contributed by atoms with Crippen LogP contribution in [0.3, 0.4) is 0 Å². The lowest BCUT2D eigenvalue weighted by Crippen LogP contribution is -2.36. The molecule has 0 aliphatic heterocycles. The van der Waals surface area contributed by atoms with Gasteiger partial charge in [0.2, 0.25) is 5.89 Å². The van der Waals surface area contributed by atoms with Crippen molar-refractivity contribution in [2.75, 3.05) is 7.05 Å². The lowest BCUT2D eigenvalue weighted by molar-refractivity contribution is 0.0949. The smallest absolute Gasteiger partial charge is 0.292 e. The molecule has 2 heterocycles. The maximum Gasteiger partial charge on any atom is 0.292 e. The molecule has 1 N–H and O–H groups in total. The molecule has 2 aromatic rings. The molecular formula is C17H23N5O2. The minimum atomic E-state index is -0.334. The summed E-state index contributed by atoms with van der Waals surface area (Å²) in [6.45, 7) is 1.27. The van der Waals surface area contributed by atoms with Crippen LogP contribution in [0.4, 0.5) is 0 Å². The molecule has 1 aliphatic rings. The molecule has 0 saturated heterocycles. The average Bonchev–Trinajstić information content (AvgIpc) is 3.11. The highest BCUT2D eigenvalue weighted by atomic mass is 16.5. The van der Waals surface area contributed by atoms with E-state index in [-0.39, 0.29) is 11.7 Å². The summed E-state index contributed by atoms with van der Waals surface area (Å²) >= 11 is 0. The van der Waals surface area contributed by atoms with E-state index < -0.39 is 0 Å². The predicted molar refractivity (Wildman–Crippen MR) is 88.0 cm³/mol. The number of pyridine rings is 1. The van der Waals surface area contributed by atoms with Crippen molar-refractivity contribution >= 4 is 5.91 Å². The summed E-state index contributed by atoms with van der Waals surface area (Å²) in [6.07, 6.45) is 7.94. The van der Waals surface area contributed by atoms with Crippen molar-refractivity contribution in [2.45, 2.75) is 51.2 Å². The molecule has 0 unspecified atom stereocenters. The molecule has 7 heteroatoms. The Morgan fingerprint density at radius 3 is 2.83 bits per heavy atom. The third-order valence-corrected chi connectivity index (χ3v) is 4.42. The SMILES string of the molecule is CNC(=O)c1noc(CN(Cc2ccccn2)C2CCCCC2)n1. The van der Waals surface area contributed by atoms with Gasteiger partial charge in [-0.1, -0.05) is 30.5 Å². The van der Waals surface area contributed by atoms with Gasteiger partial charge < -0.3 is 9.84 Å². The van der Waals surface area contributed by atoms with Crippen LogP contribution in [0.25, 0.3) is 0 Å². The van der Waals surface area contributed by atoms with Crippen LogP contribution < -0.4 is 5.32 Å². The molecule has 1 saturated carbocycles. The molecule has 2 aromatic heterocycles. The summed E-state index contributed by atoms with van der Waals surface area (Å²) in [5.41, 5.74) is 1.02. The molecular weight excluding hydrogens is 306 g/mol. The van der Waals surface area contributed by atoms with E-state index in [4.69, 9.17) is 4.52 Å². The minimum Gasteiger partial charge on any atom is -0.352 e. The number of hydrogen-bond donors (Lipinski definition) is 1. The Balaban J connectivity index is 1.73. The summed E-state index contributed by atoms with van der Waals surface area (Å²) in [5.74, 6) is 0.211. The second-order valence-corrected chi connectivity index (χ2v) is 6.11. The van der Waals surface area contributed by atoms with Crippen molar-refractivity contribution in [1.29, 1.82) is 0 Å². The van der Waals surface area contributed by atoms with Crippen LogP contribution in [0.5, 0.6) is 0 Å². The van der Waals surface area contributed by atoms with E-state index in [0.717, 1.165) is 12.2 Å². The van der Waals surface area contributed by atoms with Crippen molar-refractivity contribution in [3.05, 3.63) is 41.8 Å². The maximum absolute atomic E-state index is 11.6. The number of hydrogen-bond acceptors (Lipinski definition) is 6. The van der Waals surface area contributed by atoms with Gasteiger partial charge in [0.1, 0.15) is 0 Å². The summed E-state index contributed by atoms with van der Waals surface area (Å²) in [5, 5.41) is 6.26. The van der Waals surface area contributed by atoms with Crippen LogP contribution >= 0.6 is 0 Å². The van der Waals surface area contributed by atoms with Crippen LogP contribution in [0.15, 0.2) is 28.9 Å². The topological polar surface area (TPSA) is 84.2 Å². The van der Waals surface area contributed by atoms with Crippen molar-refractivity contribution in [2.24, 2.45) is 0 Å². The first kappa shape index (κ1) is 16.6. The summed E-state index contributed by atoms with van der Waals surface area (Å²) < 4.78 is 5.26. The van der Waals surface area contributed by atoms with Gasteiger partial charge in [0.05, 0.1) is 12.2 Å². The van der Waals surface area contributed by atoms with Crippen molar-refractivity contribution in [3.8, 4) is 0 Å². The van der Waals surface area contributed by atoms with Gasteiger partial charge in [-0.3, -0.25) is 14.7 Å². The van der Waals surface area contributed by atoms with Gasteiger partial charge in [-0.05, 0) is 25.0 Å². The first-order chi connectivity index (χ1) is 11.8. The fourth-order valence-electron chi connectivity index (χ4n) is 3.16. The quantitative estimate of drug-likeness (QED) is 0.874. The second-order valence-electron chi connectivity index (χ2n) is 6.11. The summed E-state index contributed by atoms with van der Waals surface area (Å²) in [7, 11) is 1.55. The van der Waals surface area contributed by atoms with E-state index in [0.29, 0.717) is 18.5 Å². The van der Waals surface area contributed by atoms with Crippen molar-refractivity contribution in [3.63, 3.8) is 0 Å². The van der Waals surface area contributed by atoms with E-state index in [2.05, 4.69) is 25.3 Å². The third kappa shape index (κ3) is 4.17. The Labute approximate surface area is 141 Å². The zero-order valence-electron chi connectivity index (χ0n) is 13.9. The number of rotatable bonds is 6. The highest BCUT2D eigenvalue weighted by molar-refractivity contribution is 5.89. The first-order valence-corrected chi connectivity index (χ1v) is 8.45. The number of nitrogens with zero attached hydrogens (tertiary/aromatic N) is 4. The molecule has 1 amide bonds. The molecule has 1 fully saturated rings. The van der Waals surface area contributed by atoms with Crippen LogP contribution in [0.2, 0.25) is 0 Å². The standard InChI is InChI=1S/C17H23N5O2/c1-18-17(23)16-20-15(24-21-16)12-22(14-8-3-2-4-9-14)11-13-7-5-6-10-19-13/h5-7,10,14H,2-4,8-9,11-12H2,1H3,(H,18,23). The molecule has 1 aliphatic carbocycles. The third-order valence-electron chi connectivity index (χ3n) is 4.42. The van der Waals surface area contributed by atoms with Gasteiger partial charge in [0.15, 0.2) is 0 Å². The molecule has 3 rings (SSSR count). The van der Waals surface area contributed by atoms with Crippen molar-refractivity contribution in [1.82, 2.24) is 25.3 Å². The van der Waals surface area contributed by atoms with Crippen LogP contribution in [-0.2, 0) is 13.1 Å². The van der Waals surface area contributed by atoms with Crippen LogP contribution in [-0.4, -0.2) is 39.0 Å². The van der Waals surface area contributed by atoms with Gasteiger partial charge in [-0.25, -0.2) is 0 Å². The Bertz CT molecular complexity index is 652. The van der Waals surface area contributed by atoms with Crippen molar-refractivity contribution < 1.29 is 9.32 Å². The van der Waals surface area contributed by atoms with Gasteiger partial charge >= 0.3 is 0 Å². The van der Waals surface area contributed by atoms with Gasteiger partial charge in [0.25, 0.3) is 11.7 Å². The number of carbonyl (C=O) groups is 1. The predicted octanol–water partition coefficient (Wildman–Crippen LogP) is 2.16. The Morgan fingerprint density at radius 2 is 2.12 bits per heavy atom. The highest BCUT2D eigenvalue weighted by Gasteiger charge is 2.24. The molecule has 0 spiro atoms. The highest BCUT2D eigenvalue weighted by Crippen LogP contribution is 2.25.